The number of nitrogens with one attached hydrogen (secondary N) is 1. The van der Waals surface area contributed by atoms with Gasteiger partial charge in [0, 0.05) is 19.9 Å². The van der Waals surface area contributed by atoms with Crippen molar-refractivity contribution in [2.45, 2.75) is 40.3 Å². The fraction of sp³-hybridized carbons (Fsp3) is 0.786. The van der Waals surface area contributed by atoms with E-state index in [4.69, 9.17) is 4.74 Å². The summed E-state index contributed by atoms with van der Waals surface area (Å²) in [7, 11) is 1.75. The van der Waals surface area contributed by atoms with Gasteiger partial charge in [-0.3, -0.25) is 0 Å². The molecule has 104 valence electrons. The van der Waals surface area contributed by atoms with Gasteiger partial charge in [-0.1, -0.05) is 27.7 Å². The van der Waals surface area contributed by atoms with E-state index >= 15 is 0 Å². The van der Waals surface area contributed by atoms with Crippen LogP contribution in [0.15, 0.2) is 12.5 Å². The number of rotatable bonds is 8. The maximum atomic E-state index is 5.28. The van der Waals surface area contributed by atoms with Crippen LogP contribution >= 0.6 is 0 Å². The molecule has 1 unspecified atom stereocenters. The van der Waals surface area contributed by atoms with Crippen LogP contribution in [0.2, 0.25) is 0 Å². The molecule has 0 amide bonds. The molecule has 1 aromatic heterocycles. The zero-order valence-electron chi connectivity index (χ0n) is 12.3. The second-order valence-corrected chi connectivity index (χ2v) is 5.60. The molecule has 1 atom stereocenters. The molecule has 0 aliphatic rings. The minimum absolute atomic E-state index is 0.362. The molecule has 1 N–H and O–H groups in total. The lowest BCUT2D eigenvalue weighted by Gasteiger charge is -2.21. The molecule has 1 heterocycles. The van der Waals surface area contributed by atoms with E-state index in [9.17, 15) is 0 Å². The second kappa shape index (κ2) is 7.54. The molecular formula is C14H27N3O. The molecule has 0 aliphatic heterocycles. The Labute approximate surface area is 111 Å². The third-order valence-corrected chi connectivity index (χ3v) is 3.00. The summed E-state index contributed by atoms with van der Waals surface area (Å²) in [6.07, 6.45) is 4.03. The Kier molecular flexibility index (Phi) is 6.36. The average molecular weight is 253 g/mol. The van der Waals surface area contributed by atoms with Gasteiger partial charge in [0.15, 0.2) is 0 Å². The van der Waals surface area contributed by atoms with E-state index in [1.165, 1.54) is 0 Å². The summed E-state index contributed by atoms with van der Waals surface area (Å²) >= 11 is 0. The second-order valence-electron chi connectivity index (χ2n) is 5.60. The monoisotopic (exact) mass is 253 g/mol. The van der Waals surface area contributed by atoms with Gasteiger partial charge in [0.1, 0.15) is 0 Å². The number of ether oxygens (including phenoxy) is 1. The van der Waals surface area contributed by atoms with Gasteiger partial charge in [-0.25, -0.2) is 4.98 Å². The lowest BCUT2D eigenvalue weighted by molar-refractivity contribution is 0.133. The summed E-state index contributed by atoms with van der Waals surface area (Å²) in [5, 5.41) is 3.41. The molecule has 18 heavy (non-hydrogen) atoms. The average Bonchev–Trinajstić information content (AvgIpc) is 2.73. The number of imidazole rings is 1. The molecule has 0 aromatic carbocycles. The molecule has 0 aliphatic carbocycles. The summed E-state index contributed by atoms with van der Waals surface area (Å²) in [5.41, 5.74) is 1.09. The van der Waals surface area contributed by atoms with Gasteiger partial charge < -0.3 is 14.6 Å². The van der Waals surface area contributed by atoms with Gasteiger partial charge >= 0.3 is 0 Å². The Morgan fingerprint density at radius 3 is 2.61 bits per heavy atom. The van der Waals surface area contributed by atoms with Crippen LogP contribution in [0.1, 0.15) is 39.4 Å². The van der Waals surface area contributed by atoms with Gasteiger partial charge in [-0.15, -0.1) is 0 Å². The first-order chi connectivity index (χ1) is 8.54. The topological polar surface area (TPSA) is 39.1 Å². The van der Waals surface area contributed by atoms with Crippen LogP contribution in [0.3, 0.4) is 0 Å². The smallest absolute Gasteiger partial charge is 0.0953 e. The normalized spacial score (nSPS) is 13.5. The molecule has 0 saturated heterocycles. The number of hydrogen-bond donors (Lipinski definition) is 1. The first kappa shape index (κ1) is 15.2. The molecule has 1 aromatic rings. The number of nitrogens with zero attached hydrogens (tertiary/aromatic N) is 2. The third kappa shape index (κ3) is 4.78. The lowest BCUT2D eigenvalue weighted by atomic mass is 10.1. The van der Waals surface area contributed by atoms with Crippen LogP contribution in [0, 0.1) is 11.8 Å². The predicted molar refractivity (Wildman–Crippen MR) is 74.5 cm³/mol. The molecule has 0 radical (unpaired) electrons. The van der Waals surface area contributed by atoms with E-state index in [0.717, 1.165) is 25.4 Å². The fourth-order valence-electron chi connectivity index (χ4n) is 1.93. The first-order valence-corrected chi connectivity index (χ1v) is 6.76. The van der Waals surface area contributed by atoms with Gasteiger partial charge in [0.25, 0.3) is 0 Å². The number of aromatic nitrogens is 2. The van der Waals surface area contributed by atoms with Gasteiger partial charge in [-0.05, 0) is 18.4 Å². The molecule has 1 rings (SSSR count). The summed E-state index contributed by atoms with van der Waals surface area (Å²) in [5.74, 6) is 1.21. The van der Waals surface area contributed by atoms with E-state index in [2.05, 4.69) is 48.8 Å². The third-order valence-electron chi connectivity index (χ3n) is 3.00. The maximum Gasteiger partial charge on any atom is 0.0953 e. The molecule has 0 spiro atoms. The highest BCUT2D eigenvalue weighted by molar-refractivity contribution is 4.98. The quantitative estimate of drug-likeness (QED) is 0.773. The van der Waals surface area contributed by atoms with Crippen molar-refractivity contribution in [2.75, 3.05) is 20.3 Å². The Morgan fingerprint density at radius 2 is 2.06 bits per heavy atom. The van der Waals surface area contributed by atoms with E-state index in [0.29, 0.717) is 17.9 Å². The van der Waals surface area contributed by atoms with Crippen molar-refractivity contribution >= 4 is 0 Å². The molecular weight excluding hydrogens is 226 g/mol. The van der Waals surface area contributed by atoms with E-state index in [1.54, 1.807) is 7.11 Å². The minimum Gasteiger partial charge on any atom is -0.383 e. The number of methoxy groups -OCH3 is 1. The van der Waals surface area contributed by atoms with Crippen molar-refractivity contribution in [2.24, 2.45) is 11.8 Å². The van der Waals surface area contributed by atoms with Crippen LogP contribution in [0.25, 0.3) is 0 Å². The van der Waals surface area contributed by atoms with Crippen molar-refractivity contribution in [1.82, 2.24) is 14.9 Å². The lowest BCUT2D eigenvalue weighted by Crippen LogP contribution is -2.20. The molecule has 4 nitrogen and oxygen atoms in total. The highest BCUT2D eigenvalue weighted by Crippen LogP contribution is 2.18. The van der Waals surface area contributed by atoms with E-state index in [-0.39, 0.29) is 0 Å². The molecule has 4 heteroatoms. The van der Waals surface area contributed by atoms with Crippen LogP contribution in [0.4, 0.5) is 0 Å². The fourth-order valence-corrected chi connectivity index (χ4v) is 1.93. The highest BCUT2D eigenvalue weighted by atomic mass is 16.5. The summed E-state index contributed by atoms with van der Waals surface area (Å²) < 4.78 is 7.44. The molecule has 0 bridgehead atoms. The van der Waals surface area contributed by atoms with Gasteiger partial charge in [-0.2, -0.15) is 0 Å². The molecule has 0 saturated carbocycles. The maximum absolute atomic E-state index is 5.28. The first-order valence-electron chi connectivity index (χ1n) is 6.76. The zero-order chi connectivity index (χ0) is 13.5. The van der Waals surface area contributed by atoms with Crippen molar-refractivity contribution in [3.05, 3.63) is 18.2 Å². The Bertz CT molecular complexity index is 334. The highest BCUT2D eigenvalue weighted by Gasteiger charge is 2.15. The summed E-state index contributed by atoms with van der Waals surface area (Å²) in [6, 6.07) is 0.362. The Morgan fingerprint density at radius 1 is 1.33 bits per heavy atom. The van der Waals surface area contributed by atoms with Crippen LogP contribution < -0.4 is 5.32 Å². The van der Waals surface area contributed by atoms with Crippen molar-refractivity contribution in [3.8, 4) is 0 Å². The van der Waals surface area contributed by atoms with Crippen LogP contribution in [0.5, 0.6) is 0 Å². The van der Waals surface area contributed by atoms with Crippen LogP contribution in [-0.2, 0) is 11.3 Å². The Hall–Kier alpha value is -0.870. The number of hydrogen-bond acceptors (Lipinski definition) is 3. The molecule has 0 fully saturated rings. The predicted octanol–water partition coefficient (Wildman–Crippen LogP) is 2.47. The van der Waals surface area contributed by atoms with Crippen LogP contribution in [-0.4, -0.2) is 29.8 Å². The standard InChI is InChI=1S/C14H27N3O/c1-11(2)6-15-7-13-8-17(10-16-13)14(9-18-5)12(3)4/h8,10-12,14-15H,6-7,9H2,1-5H3. The van der Waals surface area contributed by atoms with Gasteiger partial charge in [0.05, 0.1) is 24.7 Å². The van der Waals surface area contributed by atoms with Crippen molar-refractivity contribution < 1.29 is 4.74 Å². The van der Waals surface area contributed by atoms with Gasteiger partial charge in [0.2, 0.25) is 0 Å². The van der Waals surface area contributed by atoms with Crippen molar-refractivity contribution in [1.29, 1.82) is 0 Å². The van der Waals surface area contributed by atoms with E-state index < -0.39 is 0 Å². The largest absolute Gasteiger partial charge is 0.383 e. The SMILES string of the molecule is COCC(C(C)C)n1cnc(CNCC(C)C)c1. The van der Waals surface area contributed by atoms with Crippen molar-refractivity contribution in [3.63, 3.8) is 0 Å². The summed E-state index contributed by atoms with van der Waals surface area (Å²) in [6.45, 7) is 11.4. The summed E-state index contributed by atoms with van der Waals surface area (Å²) in [4.78, 5) is 4.44. The minimum atomic E-state index is 0.362. The Balaban J connectivity index is 2.55. The van der Waals surface area contributed by atoms with E-state index in [1.807, 2.05) is 6.33 Å². The zero-order valence-corrected chi connectivity index (χ0v) is 12.3.